The summed E-state index contributed by atoms with van der Waals surface area (Å²) in [6.07, 6.45) is 0. The fourth-order valence-electron chi connectivity index (χ4n) is 19.1. The fourth-order valence-corrected chi connectivity index (χ4v) is 19.1. The molecule has 0 unspecified atom stereocenters. The third-order valence-corrected chi connectivity index (χ3v) is 24.5. The molecular weight excluding hydrogens is 1500 g/mol. The molecule has 0 bridgehead atoms. The Balaban J connectivity index is 0.000000101. The van der Waals surface area contributed by atoms with Gasteiger partial charge in [-0.15, -0.1) is 0 Å². The summed E-state index contributed by atoms with van der Waals surface area (Å²) in [4.78, 5) is 44.4. The number of para-hydroxylation sites is 1. The second kappa shape index (κ2) is 27.9. The number of nitrogens with zero attached hydrogens (tertiary/aromatic N) is 12. The van der Waals surface area contributed by atoms with Crippen molar-refractivity contribution in [2.24, 2.45) is 0 Å². The first-order valence-electron chi connectivity index (χ1n) is 41.4. The van der Waals surface area contributed by atoms with Crippen LogP contribution in [0.3, 0.4) is 0 Å². The molecule has 0 radical (unpaired) electrons. The zero-order chi connectivity index (χ0) is 80.7. The minimum absolute atomic E-state index is 0.651. The molecule has 3 aliphatic rings. The van der Waals surface area contributed by atoms with Gasteiger partial charge in [-0.2, -0.15) is 0 Å². The van der Waals surface area contributed by atoms with E-state index in [9.17, 15) is 0 Å². The van der Waals surface area contributed by atoms with Crippen LogP contribution in [0.2, 0.25) is 0 Å². The van der Waals surface area contributed by atoms with Crippen molar-refractivity contribution in [3.05, 3.63) is 400 Å². The lowest BCUT2D eigenvalue weighted by molar-refractivity contribution is 1.06. The number of hydrogen-bond acceptors (Lipinski definition) is 9. The van der Waals surface area contributed by atoms with E-state index in [4.69, 9.17) is 44.9 Å². The monoisotopic (exact) mass is 1570 g/mol. The summed E-state index contributed by atoms with van der Waals surface area (Å²) in [6.45, 7) is 0. The molecule has 12 nitrogen and oxygen atoms in total. The lowest BCUT2D eigenvalue weighted by Crippen LogP contribution is -2.03. The van der Waals surface area contributed by atoms with Crippen LogP contribution in [0.25, 0.3) is 251 Å². The van der Waals surface area contributed by atoms with Crippen molar-refractivity contribution in [1.82, 2.24) is 58.6 Å². The van der Waals surface area contributed by atoms with Crippen molar-refractivity contribution >= 4 is 97.7 Å². The van der Waals surface area contributed by atoms with Gasteiger partial charge >= 0.3 is 0 Å². The quantitative estimate of drug-likeness (QED) is 0.117. The van der Waals surface area contributed by atoms with Gasteiger partial charge in [0.2, 0.25) is 0 Å². The lowest BCUT2D eigenvalue weighted by Gasteiger charge is -2.15. The molecule has 3 aliphatic carbocycles. The third-order valence-electron chi connectivity index (χ3n) is 24.5. The zero-order valence-corrected chi connectivity index (χ0v) is 66.0. The number of benzene rings is 18. The van der Waals surface area contributed by atoms with Crippen molar-refractivity contribution in [1.29, 1.82) is 0 Å². The van der Waals surface area contributed by atoms with E-state index in [-0.39, 0.29) is 0 Å². The molecule has 6 heterocycles. The van der Waals surface area contributed by atoms with Gasteiger partial charge in [0.05, 0.1) is 38.8 Å². The van der Waals surface area contributed by atoms with Crippen LogP contribution < -0.4 is 0 Å². The van der Waals surface area contributed by atoms with E-state index < -0.39 is 0 Å². The van der Waals surface area contributed by atoms with Gasteiger partial charge in [-0.1, -0.05) is 315 Å². The Hall–Kier alpha value is -16.8. The summed E-state index contributed by atoms with van der Waals surface area (Å²) < 4.78 is 7.14. The van der Waals surface area contributed by atoms with E-state index in [0.29, 0.717) is 52.4 Å². The predicted molar refractivity (Wildman–Crippen MR) is 501 cm³/mol. The van der Waals surface area contributed by atoms with Crippen LogP contribution in [0.5, 0.6) is 0 Å². The largest absolute Gasteiger partial charge is 0.309 e. The Labute approximate surface area is 705 Å². The average molecular weight is 1570 g/mol. The Morgan fingerprint density at radius 1 is 0.138 bits per heavy atom. The number of hydrogen-bond donors (Lipinski definition) is 0. The van der Waals surface area contributed by atoms with Crippen LogP contribution in [0.4, 0.5) is 0 Å². The summed E-state index contributed by atoms with van der Waals surface area (Å²) in [6, 6.07) is 140. The second-order valence-corrected chi connectivity index (χ2v) is 31.4. The van der Waals surface area contributed by atoms with E-state index in [2.05, 4.69) is 232 Å². The van der Waals surface area contributed by atoms with Gasteiger partial charge in [0, 0.05) is 93.8 Å². The van der Waals surface area contributed by atoms with Gasteiger partial charge in [-0.25, -0.2) is 44.9 Å². The lowest BCUT2D eigenvalue weighted by atomic mass is 10.0. The topological polar surface area (TPSA) is 131 Å². The van der Waals surface area contributed by atoms with Crippen molar-refractivity contribution in [2.75, 3.05) is 0 Å². The first-order chi connectivity index (χ1) is 61.0. The van der Waals surface area contributed by atoms with Crippen molar-refractivity contribution in [3.8, 4) is 153 Å². The van der Waals surface area contributed by atoms with E-state index in [0.717, 1.165) is 67.1 Å². The molecule has 0 spiro atoms. The molecule has 18 aromatic carbocycles. The molecule has 570 valence electrons. The van der Waals surface area contributed by atoms with Crippen LogP contribution >= 0.6 is 0 Å². The molecule has 12 heteroatoms. The Morgan fingerprint density at radius 3 is 0.756 bits per heavy atom. The molecular formula is C111H66N12. The van der Waals surface area contributed by atoms with Crippen LogP contribution in [0.15, 0.2) is 400 Å². The zero-order valence-electron chi connectivity index (χ0n) is 66.0. The summed E-state index contributed by atoms with van der Waals surface area (Å²) in [5.74, 6) is 5.93. The van der Waals surface area contributed by atoms with Crippen molar-refractivity contribution in [2.45, 2.75) is 0 Å². The maximum absolute atomic E-state index is 5.05. The summed E-state index contributed by atoms with van der Waals surface area (Å²) in [5, 5.41) is 15.9. The smallest absolute Gasteiger partial charge is 0.166 e. The first-order valence-corrected chi connectivity index (χ1v) is 41.4. The second-order valence-electron chi connectivity index (χ2n) is 31.4. The Kier molecular flexibility index (Phi) is 15.7. The standard InChI is InChI=1S/3C37H22N4/c1-3-10-24(11-4-1)35-38-36(25-12-5-2-6-13-25)40-37(39-35)26-15-7-16-27(22-26)41-30-19-9-18-29-28-17-8-14-23-20-21-31(41)34(32(23)28)33(29)30;1-3-9-24(10-4-1)35-38-36(25-11-5-2-6-12-25)40-37(39-35)26-17-20-27(21-18-26)41-30-16-8-15-29-28-14-7-13-23-19-22-31(41)34(32(23)28)33(29)30;1-3-11-24(12-4-1)35-38-36(25-13-5-2-6-14-25)40-37(39-35)28-16-7-8-19-29(28)41-30-20-10-18-27-26-17-9-15-23-21-22-31(41)34(32(23)26)33(27)30/h3*1-22H. The van der Waals surface area contributed by atoms with E-state index in [1.165, 1.54) is 131 Å². The molecule has 0 N–H and O–H groups in total. The highest BCUT2D eigenvalue weighted by Crippen LogP contribution is 2.54. The Morgan fingerprint density at radius 2 is 0.390 bits per heavy atom. The van der Waals surface area contributed by atoms with Crippen LogP contribution in [0, 0.1) is 0 Å². The molecule has 0 saturated carbocycles. The van der Waals surface area contributed by atoms with Gasteiger partial charge in [-0.3, -0.25) is 0 Å². The van der Waals surface area contributed by atoms with Crippen molar-refractivity contribution < 1.29 is 0 Å². The van der Waals surface area contributed by atoms with Crippen LogP contribution in [-0.4, -0.2) is 58.6 Å². The number of rotatable bonds is 12. The normalized spacial score (nSPS) is 11.9. The SMILES string of the molecule is c1ccc(-c2nc(-c3ccccc3)nc(-c3ccc(-n4c5cccc6c5c5c7c-6cccc7ccc54)cc3)n2)cc1.c1ccc(-c2nc(-c3ccccc3)nc(-c3cccc(-n4c5cccc6c5c5c7c-6cccc7ccc54)c3)n2)cc1.c1ccc(-c2nc(-c3ccccc3)nc(-c3ccccc3-n3c4cccc5c4c4c6c-5cccc6ccc43)n2)cc1. The third kappa shape index (κ3) is 11.1. The maximum Gasteiger partial charge on any atom is 0.166 e. The Bertz CT molecular complexity index is 8290. The maximum atomic E-state index is 5.05. The first kappa shape index (κ1) is 69.3. The van der Waals surface area contributed by atoms with E-state index in [1.54, 1.807) is 0 Å². The highest BCUT2D eigenvalue weighted by atomic mass is 15.1. The van der Waals surface area contributed by atoms with Crippen molar-refractivity contribution in [3.63, 3.8) is 0 Å². The molecule has 0 saturated heterocycles. The van der Waals surface area contributed by atoms with Gasteiger partial charge in [0.1, 0.15) is 0 Å². The molecule has 123 heavy (non-hydrogen) atoms. The van der Waals surface area contributed by atoms with Gasteiger partial charge < -0.3 is 13.7 Å². The number of fused-ring (bicyclic) bond motifs is 3. The van der Waals surface area contributed by atoms with E-state index >= 15 is 0 Å². The highest BCUT2D eigenvalue weighted by Gasteiger charge is 2.30. The van der Waals surface area contributed by atoms with Crippen LogP contribution in [0.1, 0.15) is 0 Å². The average Bonchev–Trinajstić information content (AvgIpc) is 1.54. The molecule has 0 aliphatic heterocycles. The number of aromatic nitrogens is 12. The molecule has 6 aromatic heterocycles. The summed E-state index contributed by atoms with van der Waals surface area (Å²) in [7, 11) is 0. The fraction of sp³-hybridized carbons (Fsp3) is 0. The van der Waals surface area contributed by atoms with Gasteiger partial charge in [0.15, 0.2) is 52.4 Å². The molecule has 0 amide bonds. The molecule has 0 fully saturated rings. The minimum atomic E-state index is 0.651. The predicted octanol–water partition coefficient (Wildman–Crippen LogP) is 27.3. The van der Waals surface area contributed by atoms with Gasteiger partial charge in [0.25, 0.3) is 0 Å². The molecule has 24 aromatic rings. The van der Waals surface area contributed by atoms with Crippen LogP contribution in [-0.2, 0) is 0 Å². The van der Waals surface area contributed by atoms with E-state index in [1.807, 2.05) is 182 Å². The molecule has 27 rings (SSSR count). The van der Waals surface area contributed by atoms with Gasteiger partial charge in [-0.05, 0) is 151 Å². The summed E-state index contributed by atoms with van der Waals surface area (Å²) in [5.41, 5.74) is 27.1. The molecule has 0 atom stereocenters. The minimum Gasteiger partial charge on any atom is -0.309 e. The summed E-state index contributed by atoms with van der Waals surface area (Å²) >= 11 is 0. The highest BCUT2D eigenvalue weighted by molar-refractivity contribution is 6.36.